The maximum atomic E-state index is 12.2. The molecule has 5 N–H and O–H groups in total. The highest BCUT2D eigenvalue weighted by Gasteiger charge is 2.18. The second-order valence-corrected chi connectivity index (χ2v) is 8.01. The number of carbonyl (C=O) groups is 3. The van der Waals surface area contributed by atoms with Gasteiger partial charge in [-0.2, -0.15) is 0 Å². The Morgan fingerprint density at radius 2 is 1.96 bits per heavy atom. The van der Waals surface area contributed by atoms with Crippen LogP contribution >= 0.6 is 34.4 Å². The molecule has 0 aromatic carbocycles. The Balaban J connectivity index is 1.72. The lowest BCUT2D eigenvalue weighted by atomic mass is 10.3. The molecule has 0 saturated carbocycles. The van der Waals surface area contributed by atoms with Gasteiger partial charge in [-0.3, -0.25) is 19.0 Å². The van der Waals surface area contributed by atoms with Crippen LogP contribution in [0.5, 0.6) is 0 Å². The predicted octanol–water partition coefficient (Wildman–Crippen LogP) is 1.38. The molecule has 0 radical (unpaired) electrons. The van der Waals surface area contributed by atoms with Crippen LogP contribution in [0.3, 0.4) is 0 Å². The summed E-state index contributed by atoms with van der Waals surface area (Å²) in [6.45, 7) is -0.0963. The third-order valence-corrected chi connectivity index (χ3v) is 5.95. The molecule has 3 aromatic rings. The van der Waals surface area contributed by atoms with Crippen LogP contribution in [0.4, 0.5) is 5.00 Å². The minimum Gasteiger partial charge on any atom is -0.368 e. The van der Waals surface area contributed by atoms with Gasteiger partial charge in [0.2, 0.25) is 11.8 Å². The van der Waals surface area contributed by atoms with Gasteiger partial charge in [0.25, 0.3) is 5.91 Å². The number of nitrogens with one attached hydrogen (secondary N) is 1. The number of aromatic nitrogens is 3. The van der Waals surface area contributed by atoms with Crippen LogP contribution in [-0.4, -0.2) is 38.2 Å². The number of nitrogens with two attached hydrogens (primary N) is 2. The van der Waals surface area contributed by atoms with Crippen molar-refractivity contribution in [2.75, 3.05) is 11.1 Å². The van der Waals surface area contributed by atoms with Gasteiger partial charge < -0.3 is 16.8 Å². The number of primary amides is 2. The van der Waals surface area contributed by atoms with Gasteiger partial charge in [-0.1, -0.05) is 17.8 Å². The second-order valence-electron chi connectivity index (χ2n) is 5.20. The third-order valence-electron chi connectivity index (χ3n) is 3.29. The monoisotopic (exact) mass is 422 g/mol. The number of thioether (sulfide) groups is 1. The summed E-state index contributed by atoms with van der Waals surface area (Å²) in [5.74, 6) is -0.959. The molecular formula is C15H14N6O3S3. The maximum absolute atomic E-state index is 12.2. The van der Waals surface area contributed by atoms with Gasteiger partial charge in [-0.25, -0.2) is 0 Å². The van der Waals surface area contributed by atoms with E-state index in [1.54, 1.807) is 16.0 Å². The lowest BCUT2D eigenvalue weighted by molar-refractivity contribution is -0.118. The van der Waals surface area contributed by atoms with Gasteiger partial charge in [0.15, 0.2) is 11.0 Å². The van der Waals surface area contributed by atoms with Gasteiger partial charge in [-0.15, -0.1) is 32.9 Å². The van der Waals surface area contributed by atoms with E-state index < -0.39 is 11.8 Å². The van der Waals surface area contributed by atoms with E-state index in [0.29, 0.717) is 16.0 Å². The first-order valence-corrected chi connectivity index (χ1v) is 10.3. The van der Waals surface area contributed by atoms with Crippen LogP contribution in [0.1, 0.15) is 10.4 Å². The Morgan fingerprint density at radius 1 is 1.15 bits per heavy atom. The first-order chi connectivity index (χ1) is 13.0. The molecule has 0 saturated heterocycles. The van der Waals surface area contributed by atoms with Gasteiger partial charge >= 0.3 is 0 Å². The fraction of sp³-hybridized carbons (Fsp3) is 0.133. The highest BCUT2D eigenvalue weighted by molar-refractivity contribution is 7.99. The fourth-order valence-corrected chi connectivity index (χ4v) is 4.44. The Bertz CT molecular complexity index is 979. The quantitative estimate of drug-likeness (QED) is 0.468. The third kappa shape index (κ3) is 4.53. The van der Waals surface area contributed by atoms with E-state index in [0.717, 1.165) is 16.6 Å². The summed E-state index contributed by atoms with van der Waals surface area (Å²) in [7, 11) is 0. The summed E-state index contributed by atoms with van der Waals surface area (Å²) in [6.07, 6.45) is 0. The van der Waals surface area contributed by atoms with Gasteiger partial charge in [0, 0.05) is 0 Å². The minimum atomic E-state index is -0.610. The molecule has 0 aliphatic rings. The summed E-state index contributed by atoms with van der Waals surface area (Å²) in [5, 5.41) is 15.2. The van der Waals surface area contributed by atoms with Crippen molar-refractivity contribution in [3.63, 3.8) is 0 Å². The number of nitrogens with zero attached hydrogens (tertiary/aromatic N) is 3. The van der Waals surface area contributed by atoms with Crippen molar-refractivity contribution in [2.45, 2.75) is 11.7 Å². The average Bonchev–Trinajstić information content (AvgIpc) is 3.33. The first-order valence-electron chi connectivity index (χ1n) is 7.51. The van der Waals surface area contributed by atoms with Crippen LogP contribution in [0, 0.1) is 0 Å². The molecule has 3 rings (SSSR count). The van der Waals surface area contributed by atoms with E-state index in [-0.39, 0.29) is 23.8 Å². The van der Waals surface area contributed by atoms with Crippen LogP contribution in [0.2, 0.25) is 0 Å². The molecule has 3 heterocycles. The molecule has 3 aromatic heterocycles. The highest BCUT2D eigenvalue weighted by atomic mass is 32.2. The van der Waals surface area contributed by atoms with Crippen molar-refractivity contribution in [1.82, 2.24) is 14.8 Å². The van der Waals surface area contributed by atoms with E-state index in [1.165, 1.54) is 22.7 Å². The van der Waals surface area contributed by atoms with E-state index >= 15 is 0 Å². The zero-order valence-electron chi connectivity index (χ0n) is 13.7. The van der Waals surface area contributed by atoms with Crippen LogP contribution in [-0.2, 0) is 16.1 Å². The Labute approximate surface area is 165 Å². The van der Waals surface area contributed by atoms with Gasteiger partial charge in [0.05, 0.1) is 16.2 Å². The van der Waals surface area contributed by atoms with Gasteiger partial charge in [-0.05, 0) is 22.9 Å². The van der Waals surface area contributed by atoms with Crippen LogP contribution < -0.4 is 16.8 Å². The van der Waals surface area contributed by atoms with Crippen molar-refractivity contribution >= 4 is 57.2 Å². The standard InChI is InChI=1S/C15H14N6O3S3/c16-10(22)6-21-13(9-2-1-4-25-9)19-20-15(21)27-7-11(23)18-14-8(12(17)24)3-5-26-14/h1-5H,6-7H2,(H2,16,22)(H2,17,24)(H,18,23). The van der Waals surface area contributed by atoms with Crippen molar-refractivity contribution in [2.24, 2.45) is 11.5 Å². The number of amides is 3. The summed E-state index contributed by atoms with van der Waals surface area (Å²) >= 11 is 3.78. The molecule has 0 aliphatic carbocycles. The molecule has 0 atom stereocenters. The first kappa shape index (κ1) is 19.1. The SMILES string of the molecule is NC(=O)Cn1c(SCC(=O)Nc2sccc2C(N)=O)nnc1-c1cccs1. The average molecular weight is 423 g/mol. The number of hydrogen-bond donors (Lipinski definition) is 3. The van der Waals surface area contributed by atoms with E-state index in [2.05, 4.69) is 15.5 Å². The molecule has 0 fully saturated rings. The lowest BCUT2D eigenvalue weighted by Crippen LogP contribution is -2.21. The highest BCUT2D eigenvalue weighted by Crippen LogP contribution is 2.28. The predicted molar refractivity (Wildman–Crippen MR) is 105 cm³/mol. The molecule has 9 nitrogen and oxygen atoms in total. The largest absolute Gasteiger partial charge is 0.368 e. The minimum absolute atomic E-state index is 0.0113. The number of hydrogen-bond acceptors (Lipinski definition) is 8. The van der Waals surface area contributed by atoms with Crippen LogP contribution in [0.15, 0.2) is 34.1 Å². The molecular weight excluding hydrogens is 408 g/mol. The lowest BCUT2D eigenvalue weighted by Gasteiger charge is -2.07. The summed E-state index contributed by atoms with van der Waals surface area (Å²) < 4.78 is 1.58. The molecule has 0 spiro atoms. The number of thiophene rings is 2. The number of anilines is 1. The van der Waals surface area contributed by atoms with Crippen molar-refractivity contribution in [3.05, 3.63) is 34.5 Å². The second kappa shape index (κ2) is 8.33. The number of carbonyl (C=O) groups excluding carboxylic acids is 3. The smallest absolute Gasteiger partial charge is 0.251 e. The molecule has 12 heteroatoms. The Hall–Kier alpha value is -2.70. The normalized spacial score (nSPS) is 10.7. The number of rotatable bonds is 8. The molecule has 140 valence electrons. The zero-order valence-corrected chi connectivity index (χ0v) is 16.2. The summed E-state index contributed by atoms with van der Waals surface area (Å²) in [4.78, 5) is 35.8. The summed E-state index contributed by atoms with van der Waals surface area (Å²) in [6, 6.07) is 5.27. The van der Waals surface area contributed by atoms with Gasteiger partial charge in [0.1, 0.15) is 11.5 Å². The van der Waals surface area contributed by atoms with Crippen molar-refractivity contribution in [1.29, 1.82) is 0 Å². The molecule has 0 aliphatic heterocycles. The van der Waals surface area contributed by atoms with E-state index in [1.807, 2.05) is 17.5 Å². The summed E-state index contributed by atoms with van der Waals surface area (Å²) in [5.41, 5.74) is 10.8. The van der Waals surface area contributed by atoms with E-state index in [4.69, 9.17) is 11.5 Å². The fourth-order valence-electron chi connectivity index (χ4n) is 2.17. The van der Waals surface area contributed by atoms with Crippen molar-refractivity contribution < 1.29 is 14.4 Å². The molecule has 3 amide bonds. The van der Waals surface area contributed by atoms with Crippen LogP contribution in [0.25, 0.3) is 10.7 Å². The maximum Gasteiger partial charge on any atom is 0.251 e. The molecule has 0 bridgehead atoms. The Kier molecular flexibility index (Phi) is 5.88. The molecule has 27 heavy (non-hydrogen) atoms. The topological polar surface area (TPSA) is 146 Å². The zero-order chi connectivity index (χ0) is 19.4. The van der Waals surface area contributed by atoms with E-state index in [9.17, 15) is 14.4 Å². The molecule has 0 unspecified atom stereocenters. The van der Waals surface area contributed by atoms with Crippen molar-refractivity contribution in [3.8, 4) is 10.7 Å². The Morgan fingerprint density at radius 3 is 2.63 bits per heavy atom.